The van der Waals surface area contributed by atoms with Gasteiger partial charge < -0.3 is 5.73 Å². The first-order valence-electron chi connectivity index (χ1n) is 13.0. The Hall–Kier alpha value is -5.20. The van der Waals surface area contributed by atoms with Crippen molar-refractivity contribution >= 4 is 29.5 Å². The molecule has 3 nitrogen and oxygen atoms in total. The van der Waals surface area contributed by atoms with Gasteiger partial charge >= 0.3 is 0 Å². The van der Waals surface area contributed by atoms with Crippen LogP contribution in [0.25, 0.3) is 0 Å². The lowest BCUT2D eigenvalue weighted by molar-refractivity contribution is 1.29. The first-order valence-corrected chi connectivity index (χ1v) is 13.0. The van der Waals surface area contributed by atoms with Crippen molar-refractivity contribution in [3.05, 3.63) is 163 Å². The molecule has 0 aliphatic rings. The molecule has 5 aromatic carbocycles. The number of para-hydroxylation sites is 3. The van der Waals surface area contributed by atoms with E-state index in [0.29, 0.717) is 0 Å². The predicted octanol–water partition coefficient (Wildman–Crippen LogP) is 9.37. The monoisotopic (exact) mass is 523 g/mol. The number of nitrogen functional groups attached to an aromatic ring is 1. The van der Waals surface area contributed by atoms with Crippen LogP contribution in [0.2, 0.25) is 0 Å². The molecule has 0 aliphatic carbocycles. The van der Waals surface area contributed by atoms with Crippen molar-refractivity contribution < 1.29 is 0 Å². The highest BCUT2D eigenvalue weighted by molar-refractivity contribution is 5.86. The van der Waals surface area contributed by atoms with Crippen LogP contribution >= 0.6 is 0 Å². The van der Waals surface area contributed by atoms with Crippen molar-refractivity contribution in [2.75, 3.05) is 5.73 Å². The summed E-state index contributed by atoms with van der Waals surface area (Å²) >= 11 is 0. The molecule has 0 heterocycles. The van der Waals surface area contributed by atoms with Gasteiger partial charge in [-0.15, -0.1) is 5.92 Å². The van der Waals surface area contributed by atoms with Crippen LogP contribution in [0.5, 0.6) is 0 Å². The summed E-state index contributed by atoms with van der Waals surface area (Å²) < 4.78 is 0. The van der Waals surface area contributed by atoms with Crippen LogP contribution in [0.1, 0.15) is 25.0 Å². The van der Waals surface area contributed by atoms with Crippen LogP contribution in [-0.4, -0.2) is 12.4 Å². The van der Waals surface area contributed by atoms with E-state index in [9.17, 15) is 0 Å². The SMILES string of the molecule is C=Nc1ccccc1.CC#Cc1ccccc1.CC(Cc1ccccc1)=Nc1ccccc1.Nc1ccccc1. The Bertz CT molecular complexity index is 1420. The van der Waals surface area contributed by atoms with E-state index in [0.717, 1.165) is 34.8 Å². The fourth-order valence-electron chi connectivity index (χ4n) is 3.31. The van der Waals surface area contributed by atoms with Gasteiger partial charge in [-0.1, -0.05) is 109 Å². The Morgan fingerprint density at radius 2 is 1.05 bits per heavy atom. The maximum Gasteiger partial charge on any atom is 0.0629 e. The number of nitrogens with zero attached hydrogens (tertiary/aromatic N) is 2. The zero-order valence-corrected chi connectivity index (χ0v) is 23.3. The summed E-state index contributed by atoms with van der Waals surface area (Å²) in [6, 6.07) is 49.6. The van der Waals surface area contributed by atoms with Gasteiger partial charge in [-0.3, -0.25) is 9.98 Å². The second-order valence-electron chi connectivity index (χ2n) is 8.49. The third kappa shape index (κ3) is 14.5. The number of anilines is 1. The lowest BCUT2D eigenvalue weighted by Crippen LogP contribution is -1.96. The van der Waals surface area contributed by atoms with E-state index in [4.69, 9.17) is 5.73 Å². The molecule has 0 bridgehead atoms. The van der Waals surface area contributed by atoms with Crippen LogP contribution in [0.3, 0.4) is 0 Å². The van der Waals surface area contributed by atoms with Gasteiger partial charge in [-0.2, -0.15) is 0 Å². The summed E-state index contributed by atoms with van der Waals surface area (Å²) in [5.74, 6) is 5.79. The summed E-state index contributed by atoms with van der Waals surface area (Å²) in [5, 5.41) is 0. The van der Waals surface area contributed by atoms with Gasteiger partial charge in [0.25, 0.3) is 0 Å². The molecule has 5 rings (SSSR count). The van der Waals surface area contributed by atoms with E-state index in [1.165, 1.54) is 5.56 Å². The normalized spacial score (nSPS) is 9.50. The summed E-state index contributed by atoms with van der Waals surface area (Å²) in [6.45, 7) is 7.29. The van der Waals surface area contributed by atoms with Gasteiger partial charge in [-0.25, -0.2) is 0 Å². The highest BCUT2D eigenvalue weighted by atomic mass is 14.7. The number of nitrogens with two attached hydrogens (primary N) is 1. The predicted molar refractivity (Wildman–Crippen MR) is 175 cm³/mol. The number of rotatable bonds is 4. The average Bonchev–Trinajstić information content (AvgIpc) is 3.01. The first-order chi connectivity index (χ1) is 19.6. The third-order valence-corrected chi connectivity index (χ3v) is 5.16. The summed E-state index contributed by atoms with van der Waals surface area (Å²) in [6.07, 6.45) is 0.912. The van der Waals surface area contributed by atoms with E-state index in [-0.39, 0.29) is 0 Å². The molecule has 2 N–H and O–H groups in total. The van der Waals surface area contributed by atoms with Crippen LogP contribution in [0, 0.1) is 11.8 Å². The molecule has 0 atom stereocenters. The molecular weight excluding hydrogens is 486 g/mol. The smallest absolute Gasteiger partial charge is 0.0629 e. The van der Waals surface area contributed by atoms with Crippen LogP contribution in [0.15, 0.2) is 162 Å². The van der Waals surface area contributed by atoms with E-state index in [1.807, 2.05) is 134 Å². The van der Waals surface area contributed by atoms with E-state index in [1.54, 1.807) is 0 Å². The van der Waals surface area contributed by atoms with Gasteiger partial charge in [0, 0.05) is 23.4 Å². The standard InChI is InChI=1S/C15H15N.C9H8.C7H7N.C6H7N/c1-13(12-14-8-4-2-5-9-14)16-15-10-6-3-7-11-15;1-2-6-9-7-4-3-5-8-9;1-8-7-5-3-2-4-6-7;7-6-4-2-1-3-5-6/h2-11H,12H2,1H3;3-5,7-8H,1H3;2-6H,1H2;1-5H,7H2. The molecule has 40 heavy (non-hydrogen) atoms. The average molecular weight is 524 g/mol. The van der Waals surface area contributed by atoms with Gasteiger partial charge in [0.1, 0.15) is 0 Å². The van der Waals surface area contributed by atoms with Gasteiger partial charge in [0.05, 0.1) is 11.4 Å². The molecule has 0 aromatic heterocycles. The number of benzene rings is 5. The minimum atomic E-state index is 0.822. The highest BCUT2D eigenvalue weighted by Gasteiger charge is 1.95. The number of hydrogen-bond donors (Lipinski definition) is 1. The van der Waals surface area contributed by atoms with Gasteiger partial charge in [-0.05, 0) is 74.7 Å². The minimum absolute atomic E-state index is 0.822. The Morgan fingerprint density at radius 3 is 1.45 bits per heavy atom. The summed E-state index contributed by atoms with van der Waals surface area (Å²) in [4.78, 5) is 8.29. The number of hydrogen-bond acceptors (Lipinski definition) is 3. The lowest BCUT2D eigenvalue weighted by Gasteiger charge is -2.01. The quantitative estimate of drug-likeness (QED) is 0.142. The molecule has 0 spiro atoms. The largest absolute Gasteiger partial charge is 0.399 e. The highest BCUT2D eigenvalue weighted by Crippen LogP contribution is 2.12. The third-order valence-electron chi connectivity index (χ3n) is 5.16. The fourth-order valence-corrected chi connectivity index (χ4v) is 3.31. The van der Waals surface area contributed by atoms with Crippen molar-refractivity contribution in [1.82, 2.24) is 0 Å². The van der Waals surface area contributed by atoms with Crippen LogP contribution in [-0.2, 0) is 6.42 Å². The van der Waals surface area contributed by atoms with Gasteiger partial charge in [0.15, 0.2) is 0 Å². The minimum Gasteiger partial charge on any atom is -0.399 e. The van der Waals surface area contributed by atoms with Crippen molar-refractivity contribution in [3.8, 4) is 11.8 Å². The second-order valence-corrected chi connectivity index (χ2v) is 8.49. The maximum atomic E-state index is 5.36. The second kappa shape index (κ2) is 19.9. The zero-order chi connectivity index (χ0) is 28.7. The Labute approximate surface area is 239 Å². The topological polar surface area (TPSA) is 50.7 Å². The van der Waals surface area contributed by atoms with E-state index in [2.05, 4.69) is 59.7 Å². The molecule has 0 saturated heterocycles. The molecule has 5 aromatic rings. The van der Waals surface area contributed by atoms with Crippen molar-refractivity contribution in [2.24, 2.45) is 9.98 Å². The molecule has 3 heteroatoms. The van der Waals surface area contributed by atoms with Crippen molar-refractivity contribution in [3.63, 3.8) is 0 Å². The van der Waals surface area contributed by atoms with Crippen molar-refractivity contribution in [1.29, 1.82) is 0 Å². The first kappa shape index (κ1) is 31.0. The Kier molecular flexibility index (Phi) is 15.4. The maximum absolute atomic E-state index is 5.36. The molecule has 0 unspecified atom stereocenters. The zero-order valence-electron chi connectivity index (χ0n) is 23.3. The molecular formula is C37H37N3. The van der Waals surface area contributed by atoms with Crippen LogP contribution in [0.4, 0.5) is 17.1 Å². The fraction of sp³-hybridized carbons (Fsp3) is 0.0811. The molecule has 0 aliphatic heterocycles. The van der Waals surface area contributed by atoms with Crippen LogP contribution < -0.4 is 5.73 Å². The van der Waals surface area contributed by atoms with Gasteiger partial charge in [0.2, 0.25) is 0 Å². The molecule has 0 radical (unpaired) electrons. The number of aliphatic imine (C=N–C) groups is 2. The molecule has 200 valence electrons. The van der Waals surface area contributed by atoms with E-state index >= 15 is 0 Å². The van der Waals surface area contributed by atoms with E-state index < -0.39 is 0 Å². The summed E-state index contributed by atoms with van der Waals surface area (Å²) in [5.41, 5.74) is 11.7. The molecule has 0 amide bonds. The molecule has 0 fully saturated rings. The lowest BCUT2D eigenvalue weighted by atomic mass is 10.1. The summed E-state index contributed by atoms with van der Waals surface area (Å²) in [7, 11) is 0. The molecule has 0 saturated carbocycles. The van der Waals surface area contributed by atoms with Crippen molar-refractivity contribution in [2.45, 2.75) is 20.3 Å². The Morgan fingerprint density at radius 1 is 0.625 bits per heavy atom. The Balaban J connectivity index is 0.000000200.